The molecule has 3 rings (SSSR count). The number of hydrogen-bond acceptors (Lipinski definition) is 7. The molecular weight excluding hydrogens is 322 g/mol. The Labute approximate surface area is 145 Å². The third-order valence-corrected chi connectivity index (χ3v) is 4.69. The highest BCUT2D eigenvalue weighted by atomic mass is 16.6. The minimum absolute atomic E-state index is 0.0659. The van der Waals surface area contributed by atoms with Gasteiger partial charge in [-0.1, -0.05) is 13.8 Å². The third kappa shape index (κ3) is 3.15. The van der Waals surface area contributed by atoms with Crippen molar-refractivity contribution >= 4 is 17.3 Å². The molecule has 3 heterocycles. The fourth-order valence-electron chi connectivity index (χ4n) is 2.90. The summed E-state index contributed by atoms with van der Waals surface area (Å²) < 4.78 is 13.0. The summed E-state index contributed by atoms with van der Waals surface area (Å²) in [7, 11) is 0. The van der Waals surface area contributed by atoms with Gasteiger partial charge in [0, 0.05) is 0 Å². The van der Waals surface area contributed by atoms with E-state index in [1.165, 1.54) is 6.33 Å². The van der Waals surface area contributed by atoms with Gasteiger partial charge in [-0.05, 0) is 31.4 Å². The van der Waals surface area contributed by atoms with E-state index < -0.39 is 5.60 Å². The Morgan fingerprint density at radius 3 is 3.16 bits per heavy atom. The molecule has 0 aliphatic carbocycles. The van der Waals surface area contributed by atoms with E-state index in [1.54, 1.807) is 11.4 Å². The maximum absolute atomic E-state index is 11.9. The highest BCUT2D eigenvalue weighted by Gasteiger charge is 2.43. The summed E-state index contributed by atoms with van der Waals surface area (Å²) in [5.74, 6) is -0.117. The number of anilines is 1. The van der Waals surface area contributed by atoms with Crippen LogP contribution in [-0.2, 0) is 14.3 Å². The lowest BCUT2D eigenvalue weighted by Gasteiger charge is -2.22. The number of aromatic nitrogens is 3. The summed E-state index contributed by atoms with van der Waals surface area (Å²) in [4.78, 5) is 15.8. The van der Waals surface area contributed by atoms with Gasteiger partial charge in [0.2, 0.25) is 0 Å². The molecule has 25 heavy (non-hydrogen) atoms. The van der Waals surface area contributed by atoms with Crippen LogP contribution in [0.25, 0.3) is 5.52 Å². The zero-order chi connectivity index (χ0) is 18.0. The predicted octanol–water partition coefficient (Wildman–Crippen LogP) is 2.01. The van der Waals surface area contributed by atoms with Gasteiger partial charge >= 0.3 is 5.97 Å². The van der Waals surface area contributed by atoms with Crippen molar-refractivity contribution in [2.75, 3.05) is 12.3 Å². The Hall–Kier alpha value is -2.66. The lowest BCUT2D eigenvalue weighted by atomic mass is 10.0. The number of nitrogens with two attached hydrogens (primary N) is 1. The van der Waals surface area contributed by atoms with Crippen molar-refractivity contribution in [1.29, 1.82) is 5.26 Å². The van der Waals surface area contributed by atoms with Crippen LogP contribution in [0.5, 0.6) is 0 Å². The van der Waals surface area contributed by atoms with Crippen molar-refractivity contribution in [2.45, 2.75) is 44.8 Å². The standard InChI is InChI=1S/C17H21N5O3/c1-3-11(2)16(23)24-9-17(8-18)7-6-14(25-17)12-4-5-13-15(19)20-10-21-22(12)13/h4-5,10-11,14H,3,6-7,9H2,1-2H3,(H2,19,20,21)/t11-,14-,17-/m1/s1. The summed E-state index contributed by atoms with van der Waals surface area (Å²) in [6.45, 7) is 3.65. The molecule has 3 atom stereocenters. The summed E-state index contributed by atoms with van der Waals surface area (Å²) in [5, 5.41) is 13.8. The molecule has 0 radical (unpaired) electrons. The molecule has 0 aromatic carbocycles. The number of nitriles is 1. The van der Waals surface area contributed by atoms with Crippen LogP contribution in [0.4, 0.5) is 5.82 Å². The average Bonchev–Trinajstić information content (AvgIpc) is 3.24. The monoisotopic (exact) mass is 343 g/mol. The maximum atomic E-state index is 11.9. The Balaban J connectivity index is 1.75. The van der Waals surface area contributed by atoms with Crippen molar-refractivity contribution in [3.63, 3.8) is 0 Å². The quantitative estimate of drug-likeness (QED) is 0.826. The molecule has 1 fully saturated rings. The van der Waals surface area contributed by atoms with Crippen molar-refractivity contribution in [3.8, 4) is 6.07 Å². The maximum Gasteiger partial charge on any atom is 0.308 e. The molecule has 8 heteroatoms. The minimum Gasteiger partial charge on any atom is -0.461 e. The largest absolute Gasteiger partial charge is 0.461 e. The van der Waals surface area contributed by atoms with E-state index in [9.17, 15) is 10.1 Å². The Morgan fingerprint density at radius 2 is 2.44 bits per heavy atom. The van der Waals surface area contributed by atoms with E-state index >= 15 is 0 Å². The SMILES string of the molecule is CC[C@@H](C)C(=O)OC[C@]1(C#N)CC[C@H](c2ccc3c(N)ncnn23)O1. The second-order valence-electron chi connectivity index (χ2n) is 6.37. The van der Waals surface area contributed by atoms with Crippen LogP contribution in [0.2, 0.25) is 0 Å². The number of hydrogen-bond donors (Lipinski definition) is 1. The molecule has 0 amide bonds. The van der Waals surface area contributed by atoms with Gasteiger partial charge < -0.3 is 15.2 Å². The number of esters is 1. The fraction of sp³-hybridized carbons (Fsp3) is 0.529. The Kier molecular flexibility index (Phi) is 4.59. The van der Waals surface area contributed by atoms with Gasteiger partial charge in [-0.3, -0.25) is 4.79 Å². The number of ether oxygens (including phenoxy) is 2. The van der Waals surface area contributed by atoms with E-state index in [-0.39, 0.29) is 24.6 Å². The first-order valence-corrected chi connectivity index (χ1v) is 8.33. The Bertz CT molecular complexity index is 827. The van der Waals surface area contributed by atoms with E-state index in [0.29, 0.717) is 30.6 Å². The van der Waals surface area contributed by atoms with E-state index in [1.807, 2.05) is 19.1 Å². The second kappa shape index (κ2) is 6.69. The van der Waals surface area contributed by atoms with Crippen LogP contribution in [-0.4, -0.2) is 32.8 Å². The summed E-state index contributed by atoms with van der Waals surface area (Å²) >= 11 is 0. The minimum atomic E-state index is -1.13. The number of nitrogen functional groups attached to an aromatic ring is 1. The first kappa shape index (κ1) is 17.2. The number of fused-ring (bicyclic) bond motifs is 1. The second-order valence-corrected chi connectivity index (χ2v) is 6.37. The first-order valence-electron chi connectivity index (χ1n) is 8.33. The van der Waals surface area contributed by atoms with E-state index in [2.05, 4.69) is 16.2 Å². The topological polar surface area (TPSA) is 116 Å². The lowest BCUT2D eigenvalue weighted by molar-refractivity contribution is -0.155. The van der Waals surface area contributed by atoms with E-state index in [0.717, 1.165) is 5.69 Å². The van der Waals surface area contributed by atoms with Crippen molar-refractivity contribution in [2.24, 2.45) is 5.92 Å². The molecule has 0 saturated carbocycles. The highest BCUT2D eigenvalue weighted by molar-refractivity contribution is 5.72. The van der Waals surface area contributed by atoms with Gasteiger partial charge in [0.25, 0.3) is 0 Å². The van der Waals surface area contributed by atoms with Gasteiger partial charge in [-0.2, -0.15) is 10.4 Å². The molecule has 2 N–H and O–H groups in total. The number of rotatable bonds is 5. The van der Waals surface area contributed by atoms with Gasteiger partial charge in [-0.25, -0.2) is 9.50 Å². The van der Waals surface area contributed by atoms with Crippen molar-refractivity contribution in [3.05, 3.63) is 24.2 Å². The first-order chi connectivity index (χ1) is 12.0. The van der Waals surface area contributed by atoms with Crippen LogP contribution in [0.3, 0.4) is 0 Å². The molecule has 0 bridgehead atoms. The summed E-state index contributed by atoms with van der Waals surface area (Å²) in [5.41, 5.74) is 6.21. The predicted molar refractivity (Wildman–Crippen MR) is 89.2 cm³/mol. The normalized spacial score (nSPS) is 24.1. The van der Waals surface area contributed by atoms with Crippen molar-refractivity contribution < 1.29 is 14.3 Å². The van der Waals surface area contributed by atoms with Crippen LogP contribution < -0.4 is 5.73 Å². The molecule has 1 aliphatic heterocycles. The molecule has 1 aliphatic rings. The van der Waals surface area contributed by atoms with Gasteiger partial charge in [0.15, 0.2) is 11.4 Å². The molecule has 8 nitrogen and oxygen atoms in total. The van der Waals surface area contributed by atoms with Gasteiger partial charge in [0.05, 0.1) is 11.6 Å². The third-order valence-electron chi connectivity index (χ3n) is 4.69. The number of carbonyl (C=O) groups is 1. The van der Waals surface area contributed by atoms with Crippen LogP contribution in [0.1, 0.15) is 44.9 Å². The number of nitrogens with zero attached hydrogens (tertiary/aromatic N) is 4. The van der Waals surface area contributed by atoms with Crippen LogP contribution >= 0.6 is 0 Å². The van der Waals surface area contributed by atoms with Crippen LogP contribution in [0, 0.1) is 17.2 Å². The zero-order valence-corrected chi connectivity index (χ0v) is 14.3. The lowest BCUT2D eigenvalue weighted by Crippen LogP contribution is -2.34. The van der Waals surface area contributed by atoms with Crippen molar-refractivity contribution in [1.82, 2.24) is 14.6 Å². The molecular formula is C17H21N5O3. The van der Waals surface area contributed by atoms with Gasteiger partial charge in [0.1, 0.15) is 30.6 Å². The molecule has 2 aromatic heterocycles. The summed E-state index contributed by atoms with van der Waals surface area (Å²) in [6, 6.07) is 5.86. The summed E-state index contributed by atoms with van der Waals surface area (Å²) in [6.07, 6.45) is 2.87. The smallest absolute Gasteiger partial charge is 0.308 e. The van der Waals surface area contributed by atoms with Gasteiger partial charge in [-0.15, -0.1) is 0 Å². The average molecular weight is 343 g/mol. The highest BCUT2D eigenvalue weighted by Crippen LogP contribution is 2.40. The van der Waals surface area contributed by atoms with E-state index in [4.69, 9.17) is 15.2 Å². The zero-order valence-electron chi connectivity index (χ0n) is 14.3. The molecule has 0 unspecified atom stereocenters. The fourth-order valence-corrected chi connectivity index (χ4v) is 2.90. The molecule has 0 spiro atoms. The van der Waals surface area contributed by atoms with Crippen LogP contribution in [0.15, 0.2) is 18.5 Å². The Morgan fingerprint density at radius 1 is 1.64 bits per heavy atom. The molecule has 1 saturated heterocycles. The number of carbonyl (C=O) groups excluding carboxylic acids is 1. The molecule has 2 aromatic rings. The molecule has 132 valence electrons.